The molecule has 7 nitrogen and oxygen atoms in total. The first-order valence-corrected chi connectivity index (χ1v) is 10.5. The second-order valence-electron chi connectivity index (χ2n) is 8.08. The van der Waals surface area contributed by atoms with Gasteiger partial charge in [-0.2, -0.15) is 0 Å². The topological polar surface area (TPSA) is 99.8 Å². The van der Waals surface area contributed by atoms with E-state index in [1.54, 1.807) is 13.0 Å². The second-order valence-corrected chi connectivity index (χ2v) is 8.49. The van der Waals surface area contributed by atoms with E-state index in [-0.39, 0.29) is 47.2 Å². The lowest BCUT2D eigenvalue weighted by Crippen LogP contribution is -2.49. The lowest BCUT2D eigenvalue weighted by atomic mass is 10.00. The van der Waals surface area contributed by atoms with Crippen LogP contribution in [0.4, 0.5) is 4.39 Å². The van der Waals surface area contributed by atoms with Crippen molar-refractivity contribution in [2.45, 2.75) is 31.7 Å². The number of rotatable bonds is 6. The third kappa shape index (κ3) is 3.34. The number of pyridine rings is 1. The fourth-order valence-electron chi connectivity index (χ4n) is 4.45. The number of hydrogen-bond acceptors (Lipinski definition) is 5. The van der Waals surface area contributed by atoms with E-state index in [2.05, 4.69) is 0 Å². The van der Waals surface area contributed by atoms with Gasteiger partial charge in [-0.1, -0.05) is 23.7 Å². The lowest BCUT2D eigenvalue weighted by molar-refractivity contribution is 0.0630. The average Bonchev–Trinajstić information content (AvgIpc) is 3.47. The summed E-state index contributed by atoms with van der Waals surface area (Å²) in [5.41, 5.74) is -1.76. The minimum atomic E-state index is -0.925. The normalized spacial score (nSPS) is 22.0. The summed E-state index contributed by atoms with van der Waals surface area (Å²) < 4.78 is 15.6. The summed E-state index contributed by atoms with van der Waals surface area (Å²) in [6.07, 6.45) is 1.73. The molecule has 1 fully saturated rings. The van der Waals surface area contributed by atoms with Crippen molar-refractivity contribution in [1.82, 2.24) is 9.47 Å². The van der Waals surface area contributed by atoms with Crippen LogP contribution in [0.15, 0.2) is 29.2 Å². The largest absolute Gasteiger partial charge is 0.503 e. The highest BCUT2D eigenvalue weighted by Gasteiger charge is 2.60. The predicted molar refractivity (Wildman–Crippen MR) is 111 cm³/mol. The number of hydrogen-bond donors (Lipinski definition) is 2. The molecule has 1 aromatic carbocycles. The third-order valence-corrected chi connectivity index (χ3v) is 6.66. The Balaban J connectivity index is 1.72. The number of likely N-dealkylation sites (N-methyl/N-ethyl adjacent to an activating group) is 1. The van der Waals surface area contributed by atoms with Crippen molar-refractivity contribution in [3.63, 3.8) is 0 Å². The Labute approximate surface area is 182 Å². The van der Waals surface area contributed by atoms with Crippen LogP contribution in [0.5, 0.6) is 5.75 Å². The van der Waals surface area contributed by atoms with Gasteiger partial charge in [0.15, 0.2) is 17.2 Å². The van der Waals surface area contributed by atoms with Crippen molar-refractivity contribution in [3.05, 3.63) is 62.3 Å². The number of nitrogens with zero attached hydrogens (tertiary/aromatic N) is 2. The number of aryl methyl sites for hydroxylation is 1. The lowest BCUT2D eigenvalue weighted by Gasteiger charge is -2.37. The minimum Gasteiger partial charge on any atom is -0.503 e. The van der Waals surface area contributed by atoms with Gasteiger partial charge in [0.05, 0.1) is 16.1 Å². The average molecular weight is 449 g/mol. The summed E-state index contributed by atoms with van der Waals surface area (Å²) in [5, 5.41) is 20.2. The highest BCUT2D eigenvalue weighted by atomic mass is 35.5. The molecule has 2 aromatic rings. The molecular weight excluding hydrogens is 427 g/mol. The van der Waals surface area contributed by atoms with Crippen molar-refractivity contribution in [3.8, 4) is 5.75 Å². The van der Waals surface area contributed by atoms with Crippen molar-refractivity contribution >= 4 is 23.3 Å². The predicted octanol–water partition coefficient (Wildman–Crippen LogP) is 2.35. The van der Waals surface area contributed by atoms with E-state index >= 15 is 0 Å². The van der Waals surface area contributed by atoms with Crippen molar-refractivity contribution < 1.29 is 24.2 Å². The zero-order chi connectivity index (χ0) is 22.5. The summed E-state index contributed by atoms with van der Waals surface area (Å²) >= 11 is 5.77. The van der Waals surface area contributed by atoms with Gasteiger partial charge >= 0.3 is 0 Å². The summed E-state index contributed by atoms with van der Waals surface area (Å²) in [6.45, 7) is 2.39. The van der Waals surface area contributed by atoms with E-state index in [0.29, 0.717) is 19.5 Å². The van der Waals surface area contributed by atoms with Crippen LogP contribution in [-0.2, 0) is 12.0 Å². The number of aliphatic hydroxyl groups excluding tert-OH is 1. The van der Waals surface area contributed by atoms with Crippen LogP contribution in [0.3, 0.4) is 0 Å². The van der Waals surface area contributed by atoms with E-state index in [1.807, 2.05) is 0 Å². The Morgan fingerprint density at radius 1 is 1.35 bits per heavy atom. The Morgan fingerprint density at radius 2 is 2.10 bits per heavy atom. The van der Waals surface area contributed by atoms with Crippen molar-refractivity contribution in [2.75, 3.05) is 19.7 Å². The molecule has 0 bridgehead atoms. The number of aromatic hydroxyl groups is 1. The molecule has 1 saturated carbocycles. The number of carbonyl (C=O) groups excluding carboxylic acids is 2. The maximum atomic E-state index is 14.1. The summed E-state index contributed by atoms with van der Waals surface area (Å²) in [5.74, 6) is -2.61. The first kappa shape index (κ1) is 21.5. The van der Waals surface area contributed by atoms with Crippen LogP contribution in [0.25, 0.3) is 0 Å². The first-order chi connectivity index (χ1) is 14.7. The number of aliphatic hydroxyl groups is 1. The molecule has 2 heterocycles. The van der Waals surface area contributed by atoms with Crippen molar-refractivity contribution in [1.29, 1.82) is 0 Å². The van der Waals surface area contributed by atoms with Gasteiger partial charge in [-0.05, 0) is 31.4 Å². The zero-order valence-corrected chi connectivity index (χ0v) is 17.7. The molecule has 0 saturated heterocycles. The smallest absolute Gasteiger partial charge is 0.274 e. The standard InChI is InChI=1S/C22H22ClFN2O5/c1-2-25-11-22(8-13(22)10-27)26-9-14(19(29)20(30)18(26)21(25)31)16(28)7-6-12-4-3-5-15(23)17(12)24/h3-5,9,13,27,30H,2,6-8,10-11H2,1H3/t13-,22-/m0/s1. The van der Waals surface area contributed by atoms with Gasteiger partial charge in [-0.3, -0.25) is 14.4 Å². The van der Waals surface area contributed by atoms with E-state index < -0.39 is 34.2 Å². The number of carbonyl (C=O) groups is 2. The van der Waals surface area contributed by atoms with Crippen LogP contribution in [0.2, 0.25) is 5.02 Å². The van der Waals surface area contributed by atoms with E-state index in [0.717, 1.165) is 0 Å². The van der Waals surface area contributed by atoms with Gasteiger partial charge in [0.1, 0.15) is 5.82 Å². The summed E-state index contributed by atoms with van der Waals surface area (Å²) in [6, 6.07) is 4.48. The summed E-state index contributed by atoms with van der Waals surface area (Å²) in [4.78, 5) is 39.9. The van der Waals surface area contributed by atoms with Gasteiger partial charge < -0.3 is 19.7 Å². The maximum absolute atomic E-state index is 14.1. The zero-order valence-electron chi connectivity index (χ0n) is 16.9. The first-order valence-electron chi connectivity index (χ1n) is 10.1. The maximum Gasteiger partial charge on any atom is 0.274 e. The number of Topliss-reactive ketones (excluding diaryl/α,β-unsaturated/α-hetero) is 1. The second kappa shape index (κ2) is 7.76. The molecule has 1 aliphatic carbocycles. The molecule has 2 N–H and O–H groups in total. The monoisotopic (exact) mass is 448 g/mol. The fourth-order valence-corrected chi connectivity index (χ4v) is 4.65. The van der Waals surface area contributed by atoms with E-state index in [1.165, 1.54) is 27.8 Å². The molecule has 0 radical (unpaired) electrons. The SMILES string of the molecule is CCN1C[C@]2(C[C@H]2CO)n2cc(C(=O)CCc3cccc(Cl)c3F)c(=O)c(O)c2C1=O. The number of benzene rings is 1. The highest BCUT2D eigenvalue weighted by Crippen LogP contribution is 2.53. The Kier molecular flexibility index (Phi) is 5.39. The molecule has 1 aliphatic heterocycles. The highest BCUT2D eigenvalue weighted by molar-refractivity contribution is 6.30. The molecule has 2 atom stereocenters. The number of aromatic nitrogens is 1. The van der Waals surface area contributed by atoms with Gasteiger partial charge in [0.2, 0.25) is 5.43 Å². The van der Waals surface area contributed by atoms with E-state index in [9.17, 15) is 29.0 Å². The molecular formula is C22H22ClFN2O5. The molecule has 164 valence electrons. The minimum absolute atomic E-state index is 0.0279. The molecule has 1 aromatic heterocycles. The van der Waals surface area contributed by atoms with Crippen LogP contribution in [0, 0.1) is 11.7 Å². The number of halogens is 2. The van der Waals surface area contributed by atoms with Crippen LogP contribution >= 0.6 is 11.6 Å². The molecule has 4 rings (SSSR count). The number of ketones is 1. The Morgan fingerprint density at radius 3 is 2.74 bits per heavy atom. The van der Waals surface area contributed by atoms with E-state index in [4.69, 9.17) is 11.6 Å². The molecule has 9 heteroatoms. The van der Waals surface area contributed by atoms with Crippen molar-refractivity contribution in [2.24, 2.45) is 5.92 Å². The number of fused-ring (bicyclic) bond motifs is 2. The summed E-state index contributed by atoms with van der Waals surface area (Å²) in [7, 11) is 0. The third-order valence-electron chi connectivity index (χ3n) is 6.37. The van der Waals surface area contributed by atoms with Crippen LogP contribution in [-0.4, -0.2) is 51.1 Å². The number of amides is 1. The molecule has 1 spiro atoms. The van der Waals surface area contributed by atoms with Gasteiger partial charge in [-0.15, -0.1) is 0 Å². The molecule has 1 amide bonds. The van der Waals surface area contributed by atoms with Gasteiger partial charge in [0.25, 0.3) is 5.91 Å². The Bertz CT molecular complexity index is 1150. The van der Waals surface area contributed by atoms with Gasteiger partial charge in [-0.25, -0.2) is 4.39 Å². The quantitative estimate of drug-likeness (QED) is 0.661. The molecule has 0 unspecified atom stereocenters. The Hall–Kier alpha value is -2.71. The molecule has 2 aliphatic rings. The van der Waals surface area contributed by atoms with Crippen LogP contribution < -0.4 is 5.43 Å². The van der Waals surface area contributed by atoms with Gasteiger partial charge in [0, 0.05) is 38.2 Å². The fraction of sp³-hybridized carbons (Fsp3) is 0.409. The van der Waals surface area contributed by atoms with Crippen LogP contribution in [0.1, 0.15) is 46.2 Å². The molecule has 31 heavy (non-hydrogen) atoms.